The number of aryl methyl sites for hydroxylation is 1. The van der Waals surface area contributed by atoms with Gasteiger partial charge in [0.15, 0.2) is 6.61 Å². The van der Waals surface area contributed by atoms with Crippen molar-refractivity contribution in [2.24, 2.45) is 5.41 Å². The Morgan fingerprint density at radius 3 is 2.20 bits per heavy atom. The van der Waals surface area contributed by atoms with Crippen LogP contribution in [-0.2, 0) is 9.59 Å². The molecule has 0 aliphatic carbocycles. The summed E-state index contributed by atoms with van der Waals surface area (Å²) in [6.07, 6.45) is 0. The van der Waals surface area contributed by atoms with Crippen LogP contribution in [0.15, 0.2) is 48.5 Å². The fraction of sp³-hybridized carbons (Fsp3) is 0.417. The quantitative estimate of drug-likeness (QED) is 0.818. The van der Waals surface area contributed by atoms with E-state index >= 15 is 0 Å². The largest absolute Gasteiger partial charge is 0.483 e. The van der Waals surface area contributed by atoms with Crippen LogP contribution in [0.5, 0.6) is 5.75 Å². The Hall–Kier alpha value is -3.02. The predicted octanol–water partition coefficient (Wildman–Crippen LogP) is 3.71. The van der Waals surface area contributed by atoms with Gasteiger partial charge >= 0.3 is 0 Å². The molecule has 6 heteroatoms. The number of piperazine rings is 1. The zero-order chi connectivity index (χ0) is 21.7. The number of anilines is 2. The maximum atomic E-state index is 12.4. The summed E-state index contributed by atoms with van der Waals surface area (Å²) >= 11 is 0. The number of benzene rings is 2. The van der Waals surface area contributed by atoms with E-state index in [1.54, 1.807) is 0 Å². The first kappa shape index (κ1) is 21.7. The van der Waals surface area contributed by atoms with Crippen LogP contribution >= 0.6 is 0 Å². The molecule has 30 heavy (non-hydrogen) atoms. The molecule has 0 spiro atoms. The molecule has 6 nitrogen and oxygen atoms in total. The zero-order valence-corrected chi connectivity index (χ0v) is 18.3. The Bertz CT molecular complexity index is 879. The van der Waals surface area contributed by atoms with Crippen molar-refractivity contribution in [3.05, 3.63) is 54.1 Å². The molecule has 1 aliphatic rings. The topological polar surface area (TPSA) is 61.9 Å². The molecule has 2 aromatic rings. The molecule has 1 heterocycles. The van der Waals surface area contributed by atoms with Gasteiger partial charge in [0.05, 0.1) is 0 Å². The number of carbonyl (C=O) groups is 2. The fourth-order valence-electron chi connectivity index (χ4n) is 3.46. The number of para-hydroxylation sites is 1. The van der Waals surface area contributed by atoms with Crippen molar-refractivity contribution in [3.8, 4) is 5.75 Å². The van der Waals surface area contributed by atoms with Gasteiger partial charge in [-0.1, -0.05) is 39.0 Å². The lowest BCUT2D eigenvalue weighted by Crippen LogP contribution is -2.51. The second-order valence-corrected chi connectivity index (χ2v) is 8.68. The number of hydrogen-bond donors (Lipinski definition) is 1. The number of nitrogens with one attached hydrogen (secondary N) is 1. The summed E-state index contributed by atoms with van der Waals surface area (Å²) in [6, 6.07) is 15.4. The molecule has 0 atom stereocenters. The lowest BCUT2D eigenvalue weighted by atomic mass is 9.94. The molecule has 0 radical (unpaired) electrons. The summed E-state index contributed by atoms with van der Waals surface area (Å²) in [5, 5.41) is 2.87. The van der Waals surface area contributed by atoms with Gasteiger partial charge in [-0.2, -0.15) is 0 Å². The first-order chi connectivity index (χ1) is 14.2. The smallest absolute Gasteiger partial charge is 0.262 e. The molecule has 0 bridgehead atoms. The third-order valence-electron chi connectivity index (χ3n) is 5.18. The van der Waals surface area contributed by atoms with Crippen LogP contribution in [0.25, 0.3) is 0 Å². The second-order valence-electron chi connectivity index (χ2n) is 8.68. The van der Waals surface area contributed by atoms with Crippen molar-refractivity contribution in [1.82, 2.24) is 4.90 Å². The number of carbonyl (C=O) groups excluding carboxylic acids is 2. The summed E-state index contributed by atoms with van der Waals surface area (Å²) in [7, 11) is 0. The number of amides is 2. The Labute approximate surface area is 178 Å². The zero-order valence-electron chi connectivity index (χ0n) is 18.3. The highest BCUT2D eigenvalue weighted by Crippen LogP contribution is 2.23. The molecular weight excluding hydrogens is 378 g/mol. The Morgan fingerprint density at radius 1 is 0.967 bits per heavy atom. The molecule has 0 aromatic heterocycles. The van der Waals surface area contributed by atoms with Crippen LogP contribution < -0.4 is 15.0 Å². The van der Waals surface area contributed by atoms with E-state index in [9.17, 15) is 9.59 Å². The van der Waals surface area contributed by atoms with Crippen molar-refractivity contribution in [2.75, 3.05) is 43.0 Å². The van der Waals surface area contributed by atoms with Crippen LogP contribution in [0.4, 0.5) is 11.4 Å². The number of nitrogens with zero attached hydrogens (tertiary/aromatic N) is 2. The molecule has 2 aromatic carbocycles. The van der Waals surface area contributed by atoms with Gasteiger partial charge in [0.1, 0.15) is 5.75 Å². The third-order valence-corrected chi connectivity index (χ3v) is 5.18. The van der Waals surface area contributed by atoms with Gasteiger partial charge < -0.3 is 19.9 Å². The monoisotopic (exact) mass is 409 g/mol. The van der Waals surface area contributed by atoms with Gasteiger partial charge in [0.25, 0.3) is 5.91 Å². The lowest BCUT2D eigenvalue weighted by Gasteiger charge is -2.38. The Kier molecular flexibility index (Phi) is 6.65. The minimum Gasteiger partial charge on any atom is -0.483 e. The van der Waals surface area contributed by atoms with Crippen molar-refractivity contribution in [3.63, 3.8) is 0 Å². The summed E-state index contributed by atoms with van der Waals surface area (Å²) in [5.74, 6) is 0.723. The highest BCUT2D eigenvalue weighted by Gasteiger charge is 2.29. The number of ether oxygens (including phenoxy) is 1. The van der Waals surface area contributed by atoms with Crippen molar-refractivity contribution in [1.29, 1.82) is 0 Å². The molecule has 2 amide bonds. The lowest BCUT2D eigenvalue weighted by molar-refractivity contribution is -0.139. The van der Waals surface area contributed by atoms with E-state index in [2.05, 4.69) is 10.2 Å². The van der Waals surface area contributed by atoms with E-state index in [1.165, 1.54) is 0 Å². The number of rotatable bonds is 5. The fourth-order valence-corrected chi connectivity index (χ4v) is 3.46. The average Bonchev–Trinajstić information content (AvgIpc) is 2.73. The van der Waals surface area contributed by atoms with Gasteiger partial charge in [-0.05, 0) is 42.8 Å². The molecule has 3 rings (SSSR count). The minimum absolute atomic E-state index is 0.0314. The SMILES string of the molecule is Cc1ccccc1OCC(=O)Nc1ccc(N2CCN(C(=O)C(C)(C)C)CC2)cc1. The molecule has 0 unspecified atom stereocenters. The van der Waals surface area contributed by atoms with Gasteiger partial charge in [0, 0.05) is 43.0 Å². The van der Waals surface area contributed by atoms with Crippen molar-refractivity contribution >= 4 is 23.2 Å². The Morgan fingerprint density at radius 2 is 1.60 bits per heavy atom. The maximum Gasteiger partial charge on any atom is 0.262 e. The molecular formula is C24H31N3O3. The first-order valence-corrected chi connectivity index (χ1v) is 10.4. The summed E-state index contributed by atoms with van der Waals surface area (Å²) in [4.78, 5) is 28.8. The van der Waals surface area contributed by atoms with Gasteiger partial charge in [-0.25, -0.2) is 0 Å². The third kappa shape index (κ3) is 5.53. The predicted molar refractivity (Wildman–Crippen MR) is 120 cm³/mol. The van der Waals surface area contributed by atoms with Gasteiger partial charge in [0.2, 0.25) is 5.91 Å². The first-order valence-electron chi connectivity index (χ1n) is 10.4. The van der Waals surface area contributed by atoms with Crippen LogP contribution in [-0.4, -0.2) is 49.5 Å². The van der Waals surface area contributed by atoms with E-state index in [-0.39, 0.29) is 23.8 Å². The molecule has 1 saturated heterocycles. The molecule has 160 valence electrons. The Balaban J connectivity index is 1.49. The van der Waals surface area contributed by atoms with Crippen LogP contribution in [0, 0.1) is 12.3 Å². The van der Waals surface area contributed by atoms with E-state index in [1.807, 2.05) is 81.1 Å². The van der Waals surface area contributed by atoms with E-state index in [4.69, 9.17) is 4.74 Å². The summed E-state index contributed by atoms with van der Waals surface area (Å²) in [6.45, 7) is 10.9. The van der Waals surface area contributed by atoms with Crippen molar-refractivity contribution < 1.29 is 14.3 Å². The average molecular weight is 410 g/mol. The van der Waals surface area contributed by atoms with Gasteiger partial charge in [-0.3, -0.25) is 9.59 Å². The maximum absolute atomic E-state index is 12.4. The minimum atomic E-state index is -0.342. The highest BCUT2D eigenvalue weighted by molar-refractivity contribution is 5.92. The van der Waals surface area contributed by atoms with E-state index in [0.717, 1.165) is 43.1 Å². The molecule has 1 aliphatic heterocycles. The summed E-state index contributed by atoms with van der Waals surface area (Å²) in [5.41, 5.74) is 2.48. The molecule has 1 N–H and O–H groups in total. The highest BCUT2D eigenvalue weighted by atomic mass is 16.5. The normalized spacial score (nSPS) is 14.4. The van der Waals surface area contributed by atoms with Gasteiger partial charge in [-0.15, -0.1) is 0 Å². The van der Waals surface area contributed by atoms with E-state index in [0.29, 0.717) is 5.75 Å². The second kappa shape index (κ2) is 9.20. The van der Waals surface area contributed by atoms with Crippen LogP contribution in [0.2, 0.25) is 0 Å². The summed E-state index contributed by atoms with van der Waals surface area (Å²) < 4.78 is 5.59. The van der Waals surface area contributed by atoms with Crippen LogP contribution in [0.3, 0.4) is 0 Å². The van der Waals surface area contributed by atoms with Crippen LogP contribution in [0.1, 0.15) is 26.3 Å². The van der Waals surface area contributed by atoms with E-state index < -0.39 is 0 Å². The number of hydrogen-bond acceptors (Lipinski definition) is 4. The standard InChI is InChI=1S/C24H31N3O3/c1-18-7-5-6-8-21(18)30-17-22(28)25-19-9-11-20(12-10-19)26-13-15-27(16-14-26)23(29)24(2,3)4/h5-12H,13-17H2,1-4H3,(H,25,28). The van der Waals surface area contributed by atoms with Crippen molar-refractivity contribution in [2.45, 2.75) is 27.7 Å². The molecule has 0 saturated carbocycles. The molecule has 1 fully saturated rings.